The van der Waals surface area contributed by atoms with Gasteiger partial charge in [0.1, 0.15) is 5.82 Å². The quantitative estimate of drug-likeness (QED) is 0.707. The largest absolute Gasteiger partial charge is 0.366 e. The van der Waals surface area contributed by atoms with E-state index in [1.807, 2.05) is 30.4 Å². The van der Waals surface area contributed by atoms with E-state index >= 15 is 0 Å². The van der Waals surface area contributed by atoms with Gasteiger partial charge in [0.15, 0.2) is 5.82 Å². The molecule has 0 spiro atoms. The van der Waals surface area contributed by atoms with Crippen LogP contribution in [0.4, 0.5) is 5.82 Å². The number of aryl methyl sites for hydroxylation is 1. The summed E-state index contributed by atoms with van der Waals surface area (Å²) in [5.74, 6) is 2.11. The number of hydrogen-bond acceptors (Lipinski definition) is 5. The fourth-order valence-corrected chi connectivity index (χ4v) is 3.91. The SMILES string of the molecule is Cc1ccc2nc(/C=C/c3ccccn3)nc(NC3CCC(N)CC3C)c2c1. The molecule has 1 aliphatic carbocycles. The number of rotatable bonds is 4. The van der Waals surface area contributed by atoms with Crippen LogP contribution in [-0.4, -0.2) is 27.0 Å². The summed E-state index contributed by atoms with van der Waals surface area (Å²) in [6, 6.07) is 12.9. The zero-order valence-electron chi connectivity index (χ0n) is 16.5. The average molecular weight is 374 g/mol. The summed E-state index contributed by atoms with van der Waals surface area (Å²) >= 11 is 0. The van der Waals surface area contributed by atoms with Gasteiger partial charge < -0.3 is 11.1 Å². The number of fused-ring (bicyclic) bond motifs is 1. The first-order valence-electron chi connectivity index (χ1n) is 9.98. The Balaban J connectivity index is 1.69. The van der Waals surface area contributed by atoms with Crippen LogP contribution in [0, 0.1) is 12.8 Å². The molecular formula is C23H27N5. The summed E-state index contributed by atoms with van der Waals surface area (Å²) in [4.78, 5) is 13.9. The van der Waals surface area contributed by atoms with Crippen molar-refractivity contribution in [1.29, 1.82) is 0 Å². The van der Waals surface area contributed by atoms with Gasteiger partial charge in [0, 0.05) is 23.7 Å². The summed E-state index contributed by atoms with van der Waals surface area (Å²) in [6.45, 7) is 4.37. The van der Waals surface area contributed by atoms with Crippen molar-refractivity contribution in [3.63, 3.8) is 0 Å². The number of nitrogens with one attached hydrogen (secondary N) is 1. The number of pyridine rings is 1. The first-order chi connectivity index (χ1) is 13.6. The van der Waals surface area contributed by atoms with Crippen LogP contribution in [0.1, 0.15) is 43.3 Å². The van der Waals surface area contributed by atoms with E-state index in [0.29, 0.717) is 23.8 Å². The lowest BCUT2D eigenvalue weighted by atomic mass is 9.83. The molecule has 3 unspecified atom stereocenters. The predicted molar refractivity (Wildman–Crippen MR) is 116 cm³/mol. The molecule has 1 saturated carbocycles. The molecule has 0 bridgehead atoms. The Hall–Kier alpha value is -2.79. The minimum absolute atomic E-state index is 0.314. The van der Waals surface area contributed by atoms with Crippen molar-refractivity contribution < 1.29 is 0 Å². The highest BCUT2D eigenvalue weighted by atomic mass is 15.1. The molecule has 2 aromatic heterocycles. The van der Waals surface area contributed by atoms with E-state index in [-0.39, 0.29) is 0 Å². The molecule has 3 aromatic rings. The lowest BCUT2D eigenvalue weighted by Gasteiger charge is -2.33. The number of aromatic nitrogens is 3. The van der Waals surface area contributed by atoms with Crippen molar-refractivity contribution in [1.82, 2.24) is 15.0 Å². The van der Waals surface area contributed by atoms with Crippen LogP contribution in [0.15, 0.2) is 42.6 Å². The third kappa shape index (κ3) is 4.20. The van der Waals surface area contributed by atoms with Gasteiger partial charge in [0.25, 0.3) is 0 Å². The third-order valence-corrected chi connectivity index (χ3v) is 5.49. The van der Waals surface area contributed by atoms with Gasteiger partial charge in [-0.25, -0.2) is 9.97 Å². The molecule has 4 rings (SSSR count). The molecular weight excluding hydrogens is 346 g/mol. The minimum Gasteiger partial charge on any atom is -0.366 e. The number of benzene rings is 1. The highest BCUT2D eigenvalue weighted by Gasteiger charge is 2.26. The Morgan fingerprint density at radius 3 is 2.79 bits per heavy atom. The van der Waals surface area contributed by atoms with Gasteiger partial charge >= 0.3 is 0 Å². The molecule has 1 fully saturated rings. The maximum Gasteiger partial charge on any atom is 0.155 e. The van der Waals surface area contributed by atoms with E-state index in [2.05, 4.69) is 42.3 Å². The zero-order chi connectivity index (χ0) is 19.5. The van der Waals surface area contributed by atoms with Crippen LogP contribution in [-0.2, 0) is 0 Å². The van der Waals surface area contributed by atoms with Gasteiger partial charge in [-0.15, -0.1) is 0 Å². The van der Waals surface area contributed by atoms with Gasteiger partial charge in [0.2, 0.25) is 0 Å². The first-order valence-corrected chi connectivity index (χ1v) is 9.98. The molecule has 28 heavy (non-hydrogen) atoms. The molecule has 5 nitrogen and oxygen atoms in total. The molecule has 3 atom stereocenters. The van der Waals surface area contributed by atoms with Crippen molar-refractivity contribution in [3.05, 3.63) is 59.7 Å². The number of hydrogen-bond donors (Lipinski definition) is 2. The van der Waals surface area contributed by atoms with Crippen LogP contribution < -0.4 is 11.1 Å². The van der Waals surface area contributed by atoms with E-state index < -0.39 is 0 Å². The van der Waals surface area contributed by atoms with E-state index in [1.54, 1.807) is 6.20 Å². The molecule has 5 heteroatoms. The van der Waals surface area contributed by atoms with Crippen LogP contribution >= 0.6 is 0 Å². The lowest BCUT2D eigenvalue weighted by molar-refractivity contribution is 0.314. The second-order valence-corrected chi connectivity index (χ2v) is 7.84. The third-order valence-electron chi connectivity index (χ3n) is 5.49. The average Bonchev–Trinajstić information content (AvgIpc) is 2.69. The molecule has 1 aromatic carbocycles. The maximum atomic E-state index is 6.14. The van der Waals surface area contributed by atoms with Crippen molar-refractivity contribution in [2.75, 3.05) is 5.32 Å². The molecule has 2 heterocycles. The summed E-state index contributed by atoms with van der Waals surface area (Å²) in [5.41, 5.74) is 9.18. The Morgan fingerprint density at radius 2 is 2.00 bits per heavy atom. The van der Waals surface area contributed by atoms with E-state index in [9.17, 15) is 0 Å². The van der Waals surface area contributed by atoms with E-state index in [0.717, 1.165) is 41.7 Å². The van der Waals surface area contributed by atoms with Gasteiger partial charge in [-0.3, -0.25) is 4.98 Å². The van der Waals surface area contributed by atoms with Gasteiger partial charge in [-0.05, 0) is 68.5 Å². The molecule has 3 N–H and O–H groups in total. The van der Waals surface area contributed by atoms with Gasteiger partial charge in [-0.1, -0.05) is 24.6 Å². The van der Waals surface area contributed by atoms with Crippen LogP contribution in [0.25, 0.3) is 23.1 Å². The summed E-state index contributed by atoms with van der Waals surface area (Å²) in [5, 5.41) is 4.77. The number of anilines is 1. The van der Waals surface area contributed by atoms with Gasteiger partial charge in [0.05, 0.1) is 11.2 Å². The maximum absolute atomic E-state index is 6.14. The number of nitrogens with two attached hydrogens (primary N) is 1. The highest BCUT2D eigenvalue weighted by Crippen LogP contribution is 2.29. The normalized spacial score (nSPS) is 22.6. The smallest absolute Gasteiger partial charge is 0.155 e. The first kappa shape index (κ1) is 18.6. The standard InChI is InChI=1S/C23H27N5/c1-15-6-9-21-19(13-15)23(27-20-10-7-17(24)14-16(20)2)28-22(26-21)11-8-18-5-3-4-12-25-18/h3-6,8-9,11-13,16-17,20H,7,10,14,24H2,1-2H3,(H,26,27,28)/b11-8+. The second-order valence-electron chi connectivity index (χ2n) is 7.84. The molecule has 0 aliphatic heterocycles. The Bertz CT molecular complexity index is 983. The topological polar surface area (TPSA) is 76.7 Å². The van der Waals surface area contributed by atoms with Crippen molar-refractivity contribution in [2.24, 2.45) is 11.7 Å². The summed E-state index contributed by atoms with van der Waals surface area (Å²) in [7, 11) is 0. The molecule has 0 saturated heterocycles. The zero-order valence-corrected chi connectivity index (χ0v) is 16.5. The molecule has 0 amide bonds. The van der Waals surface area contributed by atoms with Crippen molar-refractivity contribution in [2.45, 2.75) is 45.2 Å². The van der Waals surface area contributed by atoms with Crippen LogP contribution in [0.3, 0.4) is 0 Å². The van der Waals surface area contributed by atoms with Crippen LogP contribution in [0.2, 0.25) is 0 Å². The number of nitrogens with zero attached hydrogens (tertiary/aromatic N) is 3. The minimum atomic E-state index is 0.314. The Labute approximate surface area is 166 Å². The summed E-state index contributed by atoms with van der Waals surface area (Å²) in [6.07, 6.45) is 8.82. The van der Waals surface area contributed by atoms with Gasteiger partial charge in [-0.2, -0.15) is 0 Å². The van der Waals surface area contributed by atoms with E-state index in [1.165, 1.54) is 5.56 Å². The molecule has 0 radical (unpaired) electrons. The second kappa shape index (κ2) is 8.07. The Kier molecular flexibility index (Phi) is 5.35. The van der Waals surface area contributed by atoms with E-state index in [4.69, 9.17) is 15.7 Å². The van der Waals surface area contributed by atoms with Crippen LogP contribution in [0.5, 0.6) is 0 Å². The highest BCUT2D eigenvalue weighted by molar-refractivity contribution is 5.90. The monoisotopic (exact) mass is 373 g/mol. The lowest BCUT2D eigenvalue weighted by Crippen LogP contribution is -2.39. The van der Waals surface area contributed by atoms with Crippen molar-refractivity contribution >= 4 is 28.9 Å². The summed E-state index contributed by atoms with van der Waals surface area (Å²) < 4.78 is 0. The fraction of sp³-hybridized carbons (Fsp3) is 0.348. The fourth-order valence-electron chi connectivity index (χ4n) is 3.91. The predicted octanol–water partition coefficient (Wildman–Crippen LogP) is 4.43. The molecule has 144 valence electrons. The Morgan fingerprint density at radius 1 is 1.11 bits per heavy atom. The molecule has 1 aliphatic rings. The van der Waals surface area contributed by atoms with Crippen molar-refractivity contribution in [3.8, 4) is 0 Å².